The van der Waals surface area contributed by atoms with Crippen molar-refractivity contribution < 1.29 is 9.59 Å². The molecule has 1 heterocycles. The van der Waals surface area contributed by atoms with E-state index in [9.17, 15) is 9.59 Å². The van der Waals surface area contributed by atoms with Crippen LogP contribution in [-0.4, -0.2) is 28.6 Å². The lowest BCUT2D eigenvalue weighted by Gasteiger charge is -2.06. The van der Waals surface area contributed by atoms with Crippen molar-refractivity contribution in [2.75, 3.05) is 17.7 Å². The summed E-state index contributed by atoms with van der Waals surface area (Å²) in [5.74, 6) is -0.399. The topological polar surface area (TPSA) is 96.0 Å². The summed E-state index contributed by atoms with van der Waals surface area (Å²) in [6.45, 7) is 0. The molecule has 0 saturated carbocycles. The van der Waals surface area contributed by atoms with Gasteiger partial charge in [0.05, 0.1) is 0 Å². The molecule has 3 N–H and O–H groups in total. The van der Waals surface area contributed by atoms with Crippen LogP contribution in [0.4, 0.5) is 15.5 Å². The predicted molar refractivity (Wildman–Crippen MR) is 72.4 cm³/mol. The van der Waals surface area contributed by atoms with Gasteiger partial charge in [0, 0.05) is 24.3 Å². The summed E-state index contributed by atoms with van der Waals surface area (Å²) in [4.78, 5) is 23.2. The Morgan fingerprint density at radius 2 is 1.89 bits per heavy atom. The van der Waals surface area contributed by atoms with Crippen LogP contribution in [0.15, 0.2) is 30.3 Å². The van der Waals surface area contributed by atoms with Gasteiger partial charge in [0.25, 0.3) is 5.91 Å². The van der Waals surface area contributed by atoms with Crippen LogP contribution in [0, 0.1) is 0 Å². The van der Waals surface area contributed by atoms with Crippen LogP contribution < -0.4 is 16.0 Å². The molecule has 3 amide bonds. The van der Waals surface area contributed by atoms with Crippen LogP contribution in [0.2, 0.25) is 0 Å². The maximum absolute atomic E-state index is 11.7. The van der Waals surface area contributed by atoms with Crippen molar-refractivity contribution in [1.29, 1.82) is 0 Å². The van der Waals surface area contributed by atoms with Crippen LogP contribution in [0.3, 0.4) is 0 Å². The summed E-state index contributed by atoms with van der Waals surface area (Å²) in [6, 6.07) is 8.51. The fraction of sp³-hybridized carbons (Fsp3) is 0.0909. The van der Waals surface area contributed by atoms with E-state index in [0.717, 1.165) is 11.5 Å². The van der Waals surface area contributed by atoms with Crippen LogP contribution in [-0.2, 0) is 0 Å². The summed E-state index contributed by atoms with van der Waals surface area (Å²) < 4.78 is 3.64. The molecule has 0 fully saturated rings. The second kappa shape index (κ2) is 5.91. The van der Waals surface area contributed by atoms with Crippen LogP contribution in [0.25, 0.3) is 0 Å². The van der Waals surface area contributed by atoms with Gasteiger partial charge in [-0.3, -0.25) is 10.1 Å². The largest absolute Gasteiger partial charge is 0.354 e. The van der Waals surface area contributed by atoms with Crippen molar-refractivity contribution in [3.63, 3.8) is 0 Å². The van der Waals surface area contributed by atoms with Gasteiger partial charge in [-0.2, -0.15) is 0 Å². The van der Waals surface area contributed by atoms with Crippen LogP contribution in [0.5, 0.6) is 0 Å². The summed E-state index contributed by atoms with van der Waals surface area (Å²) in [5, 5.41) is 11.6. The lowest BCUT2D eigenvalue weighted by Crippen LogP contribution is -2.23. The van der Waals surface area contributed by atoms with Gasteiger partial charge in [0.15, 0.2) is 10.7 Å². The third-order valence-corrected chi connectivity index (χ3v) is 2.83. The number of rotatable bonds is 3. The molecule has 0 atom stereocenters. The maximum atomic E-state index is 11.7. The van der Waals surface area contributed by atoms with Crippen molar-refractivity contribution in [1.82, 2.24) is 14.9 Å². The van der Waals surface area contributed by atoms with E-state index in [4.69, 9.17) is 0 Å². The highest BCUT2D eigenvalue weighted by molar-refractivity contribution is 7.10. The lowest BCUT2D eigenvalue weighted by atomic mass is 10.3. The van der Waals surface area contributed by atoms with E-state index in [2.05, 4.69) is 25.5 Å². The Kier molecular flexibility index (Phi) is 4.04. The second-order valence-corrected chi connectivity index (χ2v) is 4.23. The molecule has 0 spiro atoms. The monoisotopic (exact) mass is 277 g/mol. The first kappa shape index (κ1) is 13.0. The highest BCUT2D eigenvalue weighted by Gasteiger charge is 2.17. The molecule has 0 bridgehead atoms. The predicted octanol–water partition coefficient (Wildman–Crippen LogP) is 1.54. The highest BCUT2D eigenvalue weighted by Crippen LogP contribution is 2.17. The SMILES string of the molecule is CNC(=O)c1nnsc1NC(=O)Nc1ccccc1. The van der Waals surface area contributed by atoms with Gasteiger partial charge in [-0.05, 0) is 12.1 Å². The van der Waals surface area contributed by atoms with Gasteiger partial charge >= 0.3 is 6.03 Å². The minimum atomic E-state index is -0.456. The van der Waals surface area contributed by atoms with Gasteiger partial charge in [-0.25, -0.2) is 4.79 Å². The molecule has 1 aromatic heterocycles. The number of aromatic nitrogens is 2. The Labute approximate surface area is 113 Å². The number of hydrogen-bond donors (Lipinski definition) is 3. The molecule has 2 aromatic rings. The van der Waals surface area contributed by atoms with Gasteiger partial charge in [0.2, 0.25) is 0 Å². The first-order chi connectivity index (χ1) is 9.20. The van der Waals surface area contributed by atoms with Crippen LogP contribution >= 0.6 is 11.5 Å². The zero-order valence-corrected chi connectivity index (χ0v) is 10.8. The maximum Gasteiger partial charge on any atom is 0.324 e. The number of nitrogens with zero attached hydrogens (tertiary/aromatic N) is 2. The quantitative estimate of drug-likeness (QED) is 0.793. The molecule has 0 aliphatic heterocycles. The molecule has 8 heteroatoms. The highest BCUT2D eigenvalue weighted by atomic mass is 32.1. The average molecular weight is 277 g/mol. The van der Waals surface area contributed by atoms with E-state index < -0.39 is 11.9 Å². The first-order valence-electron chi connectivity index (χ1n) is 5.38. The van der Waals surface area contributed by atoms with E-state index in [1.807, 2.05) is 6.07 Å². The Balaban J connectivity index is 2.04. The number of urea groups is 1. The molecule has 0 aliphatic rings. The van der Waals surface area contributed by atoms with E-state index in [1.165, 1.54) is 7.05 Å². The number of carbonyl (C=O) groups excluding carboxylic acids is 2. The molecule has 0 saturated heterocycles. The van der Waals surface area contributed by atoms with Gasteiger partial charge < -0.3 is 10.6 Å². The average Bonchev–Trinajstić information content (AvgIpc) is 2.87. The fourth-order valence-corrected chi connectivity index (χ4v) is 1.89. The molecule has 98 valence electrons. The molecule has 1 aromatic carbocycles. The minimum absolute atomic E-state index is 0.0933. The molecule has 2 rings (SSSR count). The third-order valence-electron chi connectivity index (χ3n) is 2.19. The Bertz CT molecular complexity index is 584. The van der Waals surface area contributed by atoms with E-state index in [-0.39, 0.29) is 5.69 Å². The number of carbonyl (C=O) groups is 2. The summed E-state index contributed by atoms with van der Waals surface area (Å²) in [5.41, 5.74) is 0.745. The fourth-order valence-electron chi connectivity index (χ4n) is 1.33. The summed E-state index contributed by atoms with van der Waals surface area (Å²) in [7, 11) is 1.48. The molecule has 0 aliphatic carbocycles. The Morgan fingerprint density at radius 3 is 2.58 bits per heavy atom. The number of hydrogen-bond acceptors (Lipinski definition) is 5. The van der Waals surface area contributed by atoms with Gasteiger partial charge in [0.1, 0.15) is 0 Å². The minimum Gasteiger partial charge on any atom is -0.354 e. The van der Waals surface area contributed by atoms with Crippen molar-refractivity contribution >= 4 is 34.2 Å². The second-order valence-electron chi connectivity index (χ2n) is 3.47. The van der Waals surface area contributed by atoms with E-state index in [0.29, 0.717) is 10.7 Å². The van der Waals surface area contributed by atoms with E-state index in [1.54, 1.807) is 24.3 Å². The van der Waals surface area contributed by atoms with Crippen LogP contribution in [0.1, 0.15) is 10.5 Å². The Hall–Kier alpha value is -2.48. The Morgan fingerprint density at radius 1 is 1.16 bits per heavy atom. The van der Waals surface area contributed by atoms with Crippen molar-refractivity contribution in [2.45, 2.75) is 0 Å². The zero-order chi connectivity index (χ0) is 13.7. The van der Waals surface area contributed by atoms with Crippen molar-refractivity contribution in [2.24, 2.45) is 0 Å². The number of amides is 3. The molecule has 0 unspecified atom stereocenters. The number of para-hydroxylation sites is 1. The third kappa shape index (κ3) is 3.26. The molecular weight excluding hydrogens is 266 g/mol. The summed E-state index contributed by atoms with van der Waals surface area (Å²) >= 11 is 0.938. The number of benzene rings is 1. The normalized spacial score (nSPS) is 9.74. The molecule has 0 radical (unpaired) electrons. The lowest BCUT2D eigenvalue weighted by molar-refractivity contribution is 0.0959. The standard InChI is InChI=1S/C11H11N5O2S/c1-12-9(17)8-10(19-16-15-8)14-11(18)13-7-5-3-2-4-6-7/h2-6H,1H3,(H,12,17)(H2,13,14,18). The smallest absolute Gasteiger partial charge is 0.324 e. The first-order valence-corrected chi connectivity index (χ1v) is 6.15. The molecular formula is C11H11N5O2S. The molecule has 19 heavy (non-hydrogen) atoms. The zero-order valence-electron chi connectivity index (χ0n) is 10.0. The number of nitrogens with one attached hydrogen (secondary N) is 3. The van der Waals surface area contributed by atoms with Crippen molar-refractivity contribution in [3.05, 3.63) is 36.0 Å². The van der Waals surface area contributed by atoms with Gasteiger partial charge in [-0.1, -0.05) is 22.7 Å². The molecule has 7 nitrogen and oxygen atoms in total. The van der Waals surface area contributed by atoms with E-state index >= 15 is 0 Å². The van der Waals surface area contributed by atoms with Crippen molar-refractivity contribution in [3.8, 4) is 0 Å². The number of anilines is 2. The van der Waals surface area contributed by atoms with Gasteiger partial charge in [-0.15, -0.1) is 5.10 Å². The summed E-state index contributed by atoms with van der Waals surface area (Å²) in [6.07, 6.45) is 0.